The quantitative estimate of drug-likeness (QED) is 0.857. The number of fused-ring (bicyclic) bond motifs is 1. The maximum absolute atomic E-state index is 12.2. The number of anilines is 1. The summed E-state index contributed by atoms with van der Waals surface area (Å²) in [5.41, 5.74) is 3.04. The maximum Gasteiger partial charge on any atom is 0.251 e. The zero-order valence-electron chi connectivity index (χ0n) is 11.5. The second-order valence-corrected chi connectivity index (χ2v) is 5.64. The number of benzene rings is 1. The Kier molecular flexibility index (Phi) is 3.60. The topological polar surface area (TPSA) is 41.1 Å². The van der Waals surface area contributed by atoms with Gasteiger partial charge in [-0.1, -0.05) is 13.3 Å². The van der Waals surface area contributed by atoms with Crippen LogP contribution < -0.4 is 10.6 Å². The number of hydrogen-bond acceptors (Lipinski definition) is 2. The van der Waals surface area contributed by atoms with Crippen molar-refractivity contribution in [2.24, 2.45) is 0 Å². The first-order valence-corrected chi connectivity index (χ1v) is 6.71. The van der Waals surface area contributed by atoms with Gasteiger partial charge >= 0.3 is 0 Å². The number of amides is 1. The average molecular weight is 246 g/mol. The van der Waals surface area contributed by atoms with E-state index in [-0.39, 0.29) is 11.4 Å². The lowest BCUT2D eigenvalue weighted by molar-refractivity contribution is 0.0909. The van der Waals surface area contributed by atoms with E-state index in [0.29, 0.717) is 0 Å². The van der Waals surface area contributed by atoms with Crippen LogP contribution in [0.1, 0.15) is 49.5 Å². The van der Waals surface area contributed by atoms with Crippen molar-refractivity contribution in [2.45, 2.75) is 45.6 Å². The first-order valence-electron chi connectivity index (χ1n) is 6.71. The van der Waals surface area contributed by atoms with Crippen molar-refractivity contribution in [3.8, 4) is 0 Å². The average Bonchev–Trinajstić information content (AvgIpc) is 2.74. The lowest BCUT2D eigenvalue weighted by Crippen LogP contribution is -2.43. The van der Waals surface area contributed by atoms with Gasteiger partial charge in [-0.2, -0.15) is 0 Å². The number of carbonyl (C=O) groups is 1. The minimum Gasteiger partial charge on any atom is -0.384 e. The second kappa shape index (κ2) is 5.01. The Bertz CT molecular complexity index is 452. The lowest BCUT2D eigenvalue weighted by Gasteiger charge is -2.25. The molecule has 3 heteroatoms. The smallest absolute Gasteiger partial charge is 0.251 e. The third-order valence-corrected chi connectivity index (χ3v) is 3.40. The summed E-state index contributed by atoms with van der Waals surface area (Å²) in [6.45, 7) is 7.25. The molecule has 0 saturated heterocycles. The van der Waals surface area contributed by atoms with E-state index in [0.717, 1.165) is 31.4 Å². The van der Waals surface area contributed by atoms with Crippen LogP contribution in [-0.2, 0) is 6.42 Å². The van der Waals surface area contributed by atoms with Crippen molar-refractivity contribution in [2.75, 3.05) is 11.9 Å². The summed E-state index contributed by atoms with van der Waals surface area (Å²) in [4.78, 5) is 12.2. The molecule has 1 aromatic carbocycles. The molecule has 18 heavy (non-hydrogen) atoms. The summed E-state index contributed by atoms with van der Waals surface area (Å²) in [5, 5.41) is 6.41. The molecule has 1 aromatic rings. The highest BCUT2D eigenvalue weighted by molar-refractivity contribution is 5.95. The van der Waals surface area contributed by atoms with E-state index in [9.17, 15) is 4.79 Å². The number of rotatable bonds is 4. The van der Waals surface area contributed by atoms with Gasteiger partial charge in [0.25, 0.3) is 5.91 Å². The molecule has 3 nitrogen and oxygen atoms in total. The molecule has 0 bridgehead atoms. The molecule has 0 saturated carbocycles. The summed E-state index contributed by atoms with van der Waals surface area (Å²) in [7, 11) is 0. The summed E-state index contributed by atoms with van der Waals surface area (Å²) in [6.07, 6.45) is 3.07. The highest BCUT2D eigenvalue weighted by Crippen LogP contribution is 2.23. The van der Waals surface area contributed by atoms with Gasteiger partial charge < -0.3 is 10.6 Å². The lowest BCUT2D eigenvalue weighted by atomic mass is 9.98. The monoisotopic (exact) mass is 246 g/mol. The summed E-state index contributed by atoms with van der Waals surface area (Å²) >= 11 is 0. The van der Waals surface area contributed by atoms with Gasteiger partial charge in [-0.3, -0.25) is 4.79 Å². The molecule has 0 aromatic heterocycles. The highest BCUT2D eigenvalue weighted by atomic mass is 16.1. The van der Waals surface area contributed by atoms with Crippen molar-refractivity contribution in [3.05, 3.63) is 29.3 Å². The minimum absolute atomic E-state index is 0.0307. The number of nitrogens with one attached hydrogen (secondary N) is 2. The van der Waals surface area contributed by atoms with Crippen LogP contribution in [0.25, 0.3) is 0 Å². The predicted octanol–water partition coefficient (Wildman–Crippen LogP) is 2.96. The molecular weight excluding hydrogens is 224 g/mol. The molecule has 1 heterocycles. The molecule has 1 aliphatic heterocycles. The largest absolute Gasteiger partial charge is 0.384 e. The molecule has 0 atom stereocenters. The number of carbonyl (C=O) groups excluding carboxylic acids is 1. The third-order valence-electron chi connectivity index (χ3n) is 3.40. The summed E-state index contributed by atoms with van der Waals surface area (Å²) < 4.78 is 0. The van der Waals surface area contributed by atoms with Gasteiger partial charge in [0.15, 0.2) is 0 Å². The molecule has 0 fully saturated rings. The molecular formula is C15H22N2O. The minimum atomic E-state index is -0.136. The number of hydrogen-bond donors (Lipinski definition) is 2. The van der Waals surface area contributed by atoms with Gasteiger partial charge in [0, 0.05) is 23.3 Å². The molecule has 1 aliphatic rings. The molecule has 0 unspecified atom stereocenters. The van der Waals surface area contributed by atoms with Gasteiger partial charge in [-0.25, -0.2) is 0 Å². The summed E-state index contributed by atoms with van der Waals surface area (Å²) in [5.74, 6) is 0.0307. The third kappa shape index (κ3) is 2.84. The Morgan fingerprint density at radius 2 is 2.22 bits per heavy atom. The van der Waals surface area contributed by atoms with Gasteiger partial charge in [-0.05, 0) is 50.5 Å². The van der Waals surface area contributed by atoms with Crippen LogP contribution in [0.2, 0.25) is 0 Å². The summed E-state index contributed by atoms with van der Waals surface area (Å²) in [6, 6.07) is 5.91. The molecule has 2 rings (SSSR count). The standard InChI is InChI=1S/C15H22N2O/c1-4-8-15(2,3)17-14(18)12-5-6-13-11(10-12)7-9-16-13/h5-6,10,16H,4,7-9H2,1-3H3,(H,17,18). The van der Waals surface area contributed by atoms with Crippen LogP contribution >= 0.6 is 0 Å². The van der Waals surface area contributed by atoms with E-state index in [4.69, 9.17) is 0 Å². The Hall–Kier alpha value is -1.51. The second-order valence-electron chi connectivity index (χ2n) is 5.64. The van der Waals surface area contributed by atoms with Crippen LogP contribution in [-0.4, -0.2) is 18.0 Å². The van der Waals surface area contributed by atoms with Gasteiger partial charge in [0.2, 0.25) is 0 Å². The van der Waals surface area contributed by atoms with Gasteiger partial charge in [-0.15, -0.1) is 0 Å². The Morgan fingerprint density at radius 3 is 2.94 bits per heavy atom. The molecule has 0 aliphatic carbocycles. The SMILES string of the molecule is CCCC(C)(C)NC(=O)c1ccc2c(c1)CCN2. The van der Waals surface area contributed by atoms with Crippen LogP contribution in [0.4, 0.5) is 5.69 Å². The Labute approximate surface area is 109 Å². The van der Waals surface area contributed by atoms with Crippen LogP contribution in [0.15, 0.2) is 18.2 Å². The first kappa shape index (κ1) is 12.9. The zero-order valence-corrected chi connectivity index (χ0v) is 11.5. The van der Waals surface area contributed by atoms with E-state index in [1.54, 1.807) is 0 Å². The van der Waals surface area contributed by atoms with Gasteiger partial charge in [0.05, 0.1) is 0 Å². The molecule has 2 N–H and O–H groups in total. The van der Waals surface area contributed by atoms with Crippen LogP contribution in [0.5, 0.6) is 0 Å². The fraction of sp³-hybridized carbons (Fsp3) is 0.533. The van der Waals surface area contributed by atoms with Crippen LogP contribution in [0.3, 0.4) is 0 Å². The normalized spacial score (nSPS) is 13.9. The van der Waals surface area contributed by atoms with Crippen molar-refractivity contribution in [1.29, 1.82) is 0 Å². The highest BCUT2D eigenvalue weighted by Gasteiger charge is 2.21. The molecule has 0 radical (unpaired) electrons. The van der Waals surface area contributed by atoms with E-state index >= 15 is 0 Å². The van der Waals surface area contributed by atoms with Crippen molar-refractivity contribution in [1.82, 2.24) is 5.32 Å². The van der Waals surface area contributed by atoms with E-state index in [1.165, 1.54) is 11.3 Å². The van der Waals surface area contributed by atoms with Crippen molar-refractivity contribution >= 4 is 11.6 Å². The van der Waals surface area contributed by atoms with E-state index < -0.39 is 0 Å². The predicted molar refractivity (Wildman–Crippen MR) is 75.1 cm³/mol. The van der Waals surface area contributed by atoms with E-state index in [1.807, 2.05) is 18.2 Å². The van der Waals surface area contributed by atoms with Crippen molar-refractivity contribution in [3.63, 3.8) is 0 Å². The van der Waals surface area contributed by atoms with E-state index in [2.05, 4.69) is 31.4 Å². The molecule has 1 amide bonds. The Morgan fingerprint density at radius 1 is 1.44 bits per heavy atom. The molecule has 0 spiro atoms. The van der Waals surface area contributed by atoms with Crippen molar-refractivity contribution < 1.29 is 4.79 Å². The first-order chi connectivity index (χ1) is 8.52. The molecule has 98 valence electrons. The zero-order chi connectivity index (χ0) is 13.2. The fourth-order valence-corrected chi connectivity index (χ4v) is 2.51. The van der Waals surface area contributed by atoms with Crippen LogP contribution in [0, 0.1) is 0 Å². The fourth-order valence-electron chi connectivity index (χ4n) is 2.51. The van der Waals surface area contributed by atoms with Gasteiger partial charge in [0.1, 0.15) is 0 Å². The Balaban J connectivity index is 2.10. The maximum atomic E-state index is 12.2.